The zero-order chi connectivity index (χ0) is 18.9. The zero-order valence-corrected chi connectivity index (χ0v) is 15.3. The van der Waals surface area contributed by atoms with Crippen LogP contribution in [0.4, 0.5) is 0 Å². The Kier molecular flexibility index (Phi) is 5.15. The Labute approximate surface area is 151 Å². The van der Waals surface area contributed by atoms with Crippen LogP contribution in [-0.2, 0) is 31.4 Å². The van der Waals surface area contributed by atoms with Gasteiger partial charge in [-0.1, -0.05) is 0 Å². The van der Waals surface area contributed by atoms with Gasteiger partial charge in [-0.15, -0.1) is 0 Å². The van der Waals surface area contributed by atoms with E-state index >= 15 is 0 Å². The molecule has 2 saturated heterocycles. The van der Waals surface area contributed by atoms with Gasteiger partial charge in [0.2, 0.25) is 15.9 Å². The molecule has 2 aliphatic rings. The second-order valence-electron chi connectivity index (χ2n) is 6.40. The third-order valence-electron chi connectivity index (χ3n) is 4.59. The largest absolute Gasteiger partial charge is 0.451 e. The van der Waals surface area contributed by atoms with Gasteiger partial charge in [-0.05, 0) is 25.3 Å². The first-order valence-electron chi connectivity index (χ1n) is 8.47. The van der Waals surface area contributed by atoms with E-state index in [0.29, 0.717) is 32.5 Å². The molecule has 0 aromatic carbocycles. The second kappa shape index (κ2) is 7.20. The maximum atomic E-state index is 12.6. The highest BCUT2D eigenvalue weighted by atomic mass is 32.2. The van der Waals surface area contributed by atoms with Crippen LogP contribution in [0.25, 0.3) is 0 Å². The van der Waals surface area contributed by atoms with Crippen molar-refractivity contribution < 1.29 is 27.5 Å². The lowest BCUT2D eigenvalue weighted by atomic mass is 10.4. The number of likely N-dealkylation sites (tertiary alicyclic amines) is 1. The lowest BCUT2D eigenvalue weighted by Gasteiger charge is -2.13. The normalized spacial score (nSPS) is 18.5. The Balaban J connectivity index is 1.67. The van der Waals surface area contributed by atoms with Crippen molar-refractivity contribution in [1.82, 2.24) is 13.8 Å². The number of sulfonamides is 1. The van der Waals surface area contributed by atoms with Crippen LogP contribution < -0.4 is 0 Å². The van der Waals surface area contributed by atoms with E-state index in [1.807, 2.05) is 0 Å². The van der Waals surface area contributed by atoms with Crippen molar-refractivity contribution in [3.8, 4) is 0 Å². The summed E-state index contributed by atoms with van der Waals surface area (Å²) >= 11 is 0. The molecule has 3 heterocycles. The molecule has 142 valence electrons. The first-order chi connectivity index (χ1) is 12.3. The summed E-state index contributed by atoms with van der Waals surface area (Å²) in [5.41, 5.74) is 0.0309. The molecule has 1 aromatic heterocycles. The van der Waals surface area contributed by atoms with Crippen molar-refractivity contribution in [2.45, 2.75) is 30.6 Å². The summed E-state index contributed by atoms with van der Waals surface area (Å²) in [4.78, 5) is 36.8. The van der Waals surface area contributed by atoms with E-state index in [1.165, 1.54) is 28.2 Å². The molecule has 0 atom stereocenters. The van der Waals surface area contributed by atoms with Gasteiger partial charge >= 0.3 is 5.97 Å². The fourth-order valence-corrected chi connectivity index (χ4v) is 4.74. The molecule has 2 aliphatic heterocycles. The van der Waals surface area contributed by atoms with E-state index in [-0.39, 0.29) is 16.5 Å². The molecule has 0 radical (unpaired) electrons. The van der Waals surface area contributed by atoms with Crippen molar-refractivity contribution >= 4 is 27.8 Å². The van der Waals surface area contributed by atoms with Crippen LogP contribution in [0.15, 0.2) is 17.2 Å². The highest BCUT2D eigenvalue weighted by Gasteiger charge is 2.30. The lowest BCUT2D eigenvalue weighted by molar-refractivity contribution is -0.143. The third kappa shape index (κ3) is 3.51. The summed E-state index contributed by atoms with van der Waals surface area (Å²) in [6, 6.07) is 1.25. The summed E-state index contributed by atoms with van der Waals surface area (Å²) < 4.78 is 32.8. The second-order valence-corrected chi connectivity index (χ2v) is 8.34. The van der Waals surface area contributed by atoms with E-state index in [2.05, 4.69) is 0 Å². The van der Waals surface area contributed by atoms with Crippen LogP contribution in [-0.4, -0.2) is 66.2 Å². The number of aromatic nitrogens is 1. The van der Waals surface area contributed by atoms with E-state index in [1.54, 1.807) is 0 Å². The molecule has 1 aromatic rings. The standard InChI is InChI=1S/C16H21N3O6S/c1-17-10-12(26(23,24)18-6-2-3-7-18)9-13(17)16(22)25-11-15(21)19-8-4-5-14(19)20/h9-10H,2-8,11H2,1H3. The SMILES string of the molecule is Cn1cc(S(=O)(=O)N2CCCC2)cc1C(=O)OCC(=O)N1CCCC1=O. The minimum atomic E-state index is -3.64. The first-order valence-corrected chi connectivity index (χ1v) is 9.91. The Morgan fingerprint density at radius 2 is 1.85 bits per heavy atom. The maximum absolute atomic E-state index is 12.6. The van der Waals surface area contributed by atoms with E-state index < -0.39 is 28.5 Å². The summed E-state index contributed by atoms with van der Waals surface area (Å²) in [6.45, 7) is 0.715. The number of aryl methyl sites for hydroxylation is 1. The molecular formula is C16H21N3O6S. The van der Waals surface area contributed by atoms with E-state index in [9.17, 15) is 22.8 Å². The highest BCUT2D eigenvalue weighted by Crippen LogP contribution is 2.23. The van der Waals surface area contributed by atoms with Gasteiger partial charge in [0.1, 0.15) is 10.6 Å². The molecule has 0 spiro atoms. The topological polar surface area (TPSA) is 106 Å². The number of amides is 2. The van der Waals surface area contributed by atoms with E-state index in [4.69, 9.17) is 4.74 Å². The van der Waals surface area contributed by atoms with Crippen molar-refractivity contribution in [1.29, 1.82) is 0 Å². The zero-order valence-electron chi connectivity index (χ0n) is 14.5. The molecule has 0 saturated carbocycles. The van der Waals surface area contributed by atoms with Crippen LogP contribution in [0.2, 0.25) is 0 Å². The molecule has 9 nitrogen and oxygen atoms in total. The summed E-state index contributed by atoms with van der Waals surface area (Å²) in [7, 11) is -2.11. The summed E-state index contributed by atoms with van der Waals surface area (Å²) in [5, 5.41) is 0. The molecule has 0 N–H and O–H groups in total. The average Bonchev–Trinajstić information content (AvgIpc) is 3.32. The summed E-state index contributed by atoms with van der Waals surface area (Å²) in [5.74, 6) is -1.65. The fourth-order valence-electron chi connectivity index (χ4n) is 3.15. The Bertz CT molecular complexity index is 838. The molecule has 2 fully saturated rings. The van der Waals surface area contributed by atoms with Crippen LogP contribution in [0, 0.1) is 0 Å². The lowest BCUT2D eigenvalue weighted by Crippen LogP contribution is -2.35. The minimum absolute atomic E-state index is 0.0231. The van der Waals surface area contributed by atoms with Gasteiger partial charge in [0.25, 0.3) is 5.91 Å². The monoisotopic (exact) mass is 383 g/mol. The van der Waals surface area contributed by atoms with Gasteiger partial charge in [-0.25, -0.2) is 13.2 Å². The van der Waals surface area contributed by atoms with Gasteiger partial charge in [-0.3, -0.25) is 14.5 Å². The number of carbonyl (C=O) groups excluding carboxylic acids is 3. The van der Waals surface area contributed by atoms with E-state index in [0.717, 1.165) is 17.7 Å². The Morgan fingerprint density at radius 3 is 2.46 bits per heavy atom. The first kappa shape index (κ1) is 18.6. The predicted molar refractivity (Wildman–Crippen MR) is 89.6 cm³/mol. The number of nitrogens with zero attached hydrogens (tertiary/aromatic N) is 3. The number of hydrogen-bond donors (Lipinski definition) is 0. The summed E-state index contributed by atoms with van der Waals surface area (Å²) in [6.07, 6.45) is 3.91. The van der Waals surface area contributed by atoms with Crippen LogP contribution in [0.1, 0.15) is 36.2 Å². The number of hydrogen-bond acceptors (Lipinski definition) is 6. The van der Waals surface area contributed by atoms with Gasteiger partial charge in [0.05, 0.1) is 0 Å². The number of rotatable bonds is 5. The third-order valence-corrected chi connectivity index (χ3v) is 6.46. The van der Waals surface area contributed by atoms with Crippen molar-refractivity contribution in [2.24, 2.45) is 7.05 Å². The molecule has 26 heavy (non-hydrogen) atoms. The quantitative estimate of drug-likeness (QED) is 0.669. The molecular weight excluding hydrogens is 362 g/mol. The maximum Gasteiger partial charge on any atom is 0.355 e. The van der Waals surface area contributed by atoms with Gasteiger partial charge in [0, 0.05) is 39.3 Å². The predicted octanol–water partition coefficient (Wildman–Crippen LogP) is 0.115. The molecule has 3 rings (SSSR count). The van der Waals surface area contributed by atoms with Crippen molar-refractivity contribution in [2.75, 3.05) is 26.2 Å². The van der Waals surface area contributed by atoms with Crippen molar-refractivity contribution in [3.05, 3.63) is 18.0 Å². The van der Waals surface area contributed by atoms with Gasteiger partial charge in [0.15, 0.2) is 6.61 Å². The molecule has 0 unspecified atom stereocenters. The molecule has 0 bridgehead atoms. The van der Waals surface area contributed by atoms with Gasteiger partial charge < -0.3 is 9.30 Å². The molecule has 0 aliphatic carbocycles. The average molecular weight is 383 g/mol. The van der Waals surface area contributed by atoms with Gasteiger partial charge in [-0.2, -0.15) is 4.31 Å². The number of carbonyl (C=O) groups is 3. The molecule has 10 heteroatoms. The molecule has 2 amide bonds. The highest BCUT2D eigenvalue weighted by molar-refractivity contribution is 7.89. The van der Waals surface area contributed by atoms with Crippen LogP contribution >= 0.6 is 0 Å². The Morgan fingerprint density at radius 1 is 1.15 bits per heavy atom. The Hall–Kier alpha value is -2.20. The number of ether oxygens (including phenoxy) is 1. The van der Waals surface area contributed by atoms with Crippen molar-refractivity contribution in [3.63, 3.8) is 0 Å². The smallest absolute Gasteiger partial charge is 0.355 e. The number of imide groups is 1. The van der Waals surface area contributed by atoms with Crippen LogP contribution in [0.5, 0.6) is 0 Å². The van der Waals surface area contributed by atoms with Crippen LogP contribution in [0.3, 0.4) is 0 Å². The number of esters is 1. The fraction of sp³-hybridized carbons (Fsp3) is 0.562. The minimum Gasteiger partial charge on any atom is -0.451 e.